The predicted molar refractivity (Wildman–Crippen MR) is 115 cm³/mol. The summed E-state index contributed by atoms with van der Waals surface area (Å²) >= 11 is 6.10. The third-order valence-electron chi connectivity index (χ3n) is 5.18. The fourth-order valence-electron chi connectivity index (χ4n) is 3.69. The van der Waals surface area contributed by atoms with Crippen LogP contribution in [0.3, 0.4) is 0 Å². The largest absolute Gasteiger partial charge is 0.490 e. The number of fused-ring (bicyclic) bond motifs is 2. The zero-order chi connectivity index (χ0) is 21.5. The number of hydrogen-bond donors (Lipinski definition) is 1. The fourth-order valence-corrected chi connectivity index (χ4v) is 5.46. The van der Waals surface area contributed by atoms with E-state index >= 15 is 0 Å². The third kappa shape index (κ3) is 3.73. The van der Waals surface area contributed by atoms with Crippen molar-refractivity contribution >= 4 is 44.2 Å². The number of carboxylic acids is 1. The zero-order valence-electron chi connectivity index (χ0n) is 16.3. The molecule has 7 nitrogen and oxygen atoms in total. The van der Waals surface area contributed by atoms with Gasteiger partial charge in [0, 0.05) is 29.6 Å². The molecule has 0 saturated carbocycles. The molecule has 1 aliphatic heterocycles. The van der Waals surface area contributed by atoms with Gasteiger partial charge in [-0.3, -0.25) is 4.79 Å². The van der Waals surface area contributed by atoms with Crippen LogP contribution in [0, 0.1) is 0 Å². The lowest BCUT2D eigenvalue weighted by molar-refractivity contribution is -0.137. The van der Waals surface area contributed by atoms with Crippen molar-refractivity contribution in [3.63, 3.8) is 0 Å². The Bertz CT molecular complexity index is 1240. The van der Waals surface area contributed by atoms with E-state index in [1.165, 1.54) is 10.0 Å². The molecule has 1 aromatic heterocycles. The third-order valence-corrected chi connectivity index (χ3v) is 7.18. The number of aromatic nitrogens is 1. The molecule has 1 aliphatic rings. The molecule has 30 heavy (non-hydrogen) atoms. The molecule has 0 radical (unpaired) electrons. The van der Waals surface area contributed by atoms with E-state index in [0.29, 0.717) is 59.0 Å². The first-order valence-electron chi connectivity index (χ1n) is 9.52. The number of aryl methyl sites for hydroxylation is 1. The number of carbonyl (C=O) groups is 1. The van der Waals surface area contributed by atoms with Crippen LogP contribution in [0.5, 0.6) is 5.75 Å². The molecule has 0 amide bonds. The molecule has 1 N–H and O–H groups in total. The minimum absolute atomic E-state index is 0.0384. The summed E-state index contributed by atoms with van der Waals surface area (Å²) in [5, 5.41) is 10.1. The summed E-state index contributed by atoms with van der Waals surface area (Å²) in [6.45, 7) is 1.22. The molecule has 0 spiro atoms. The average molecular weight is 449 g/mol. The van der Waals surface area contributed by atoms with E-state index in [9.17, 15) is 13.2 Å². The number of aliphatic carboxylic acids is 1. The second-order valence-electron chi connectivity index (χ2n) is 7.26. The van der Waals surface area contributed by atoms with Crippen LogP contribution in [0.25, 0.3) is 10.9 Å². The van der Waals surface area contributed by atoms with E-state index in [1.54, 1.807) is 36.4 Å². The quantitative estimate of drug-likeness (QED) is 0.617. The lowest BCUT2D eigenvalue weighted by Gasteiger charge is -2.28. The standard InChI is InChI=1S/C21H21ClN2O5S/c1-23-9-10-29-20-8-6-17(13-19(20)23)30(27,28)24-16(3-2-4-21(25)26)12-14-11-15(22)5-7-18(14)24/h5-8,11-13H,2-4,9-10H2,1H3,(H,25,26). The molecule has 0 fully saturated rings. The van der Waals surface area contributed by atoms with E-state index in [1.807, 2.05) is 11.9 Å². The van der Waals surface area contributed by atoms with Gasteiger partial charge in [-0.1, -0.05) is 11.6 Å². The molecule has 0 atom stereocenters. The van der Waals surface area contributed by atoms with Gasteiger partial charge < -0.3 is 14.7 Å². The maximum absolute atomic E-state index is 13.7. The number of anilines is 1. The molecule has 158 valence electrons. The van der Waals surface area contributed by atoms with Crippen molar-refractivity contribution in [2.45, 2.75) is 24.2 Å². The summed E-state index contributed by atoms with van der Waals surface area (Å²) in [7, 11) is -2.04. The van der Waals surface area contributed by atoms with Crippen molar-refractivity contribution in [1.29, 1.82) is 0 Å². The first-order valence-corrected chi connectivity index (χ1v) is 11.3. The summed E-state index contributed by atoms with van der Waals surface area (Å²) in [5.41, 5.74) is 1.75. The second-order valence-corrected chi connectivity index (χ2v) is 9.48. The normalized spacial score (nSPS) is 13.9. The highest BCUT2D eigenvalue weighted by Gasteiger charge is 2.26. The van der Waals surface area contributed by atoms with E-state index in [0.717, 1.165) is 0 Å². The van der Waals surface area contributed by atoms with Crippen LogP contribution in [-0.4, -0.2) is 43.7 Å². The van der Waals surface area contributed by atoms with Crippen molar-refractivity contribution in [1.82, 2.24) is 3.97 Å². The number of ether oxygens (including phenoxy) is 1. The summed E-state index contributed by atoms with van der Waals surface area (Å²) < 4.78 is 34.2. The van der Waals surface area contributed by atoms with Crippen LogP contribution in [0.15, 0.2) is 47.4 Å². The summed E-state index contributed by atoms with van der Waals surface area (Å²) in [6.07, 6.45) is 0.602. The SMILES string of the molecule is CN1CCOc2ccc(S(=O)(=O)n3c(CCCC(=O)O)cc4cc(Cl)ccc43)cc21. The summed E-state index contributed by atoms with van der Waals surface area (Å²) in [4.78, 5) is 13.0. The van der Waals surface area contributed by atoms with Crippen LogP contribution >= 0.6 is 11.6 Å². The molecule has 0 unspecified atom stereocenters. The van der Waals surface area contributed by atoms with Crippen LogP contribution < -0.4 is 9.64 Å². The molecular formula is C21H21ClN2O5S. The van der Waals surface area contributed by atoms with Gasteiger partial charge in [0.05, 0.1) is 22.6 Å². The van der Waals surface area contributed by atoms with Crippen LogP contribution in [-0.2, 0) is 21.2 Å². The van der Waals surface area contributed by atoms with Gasteiger partial charge in [0.25, 0.3) is 10.0 Å². The maximum atomic E-state index is 13.7. The van der Waals surface area contributed by atoms with Crippen molar-refractivity contribution in [3.8, 4) is 5.75 Å². The number of hydrogen-bond acceptors (Lipinski definition) is 5. The van der Waals surface area contributed by atoms with Crippen molar-refractivity contribution in [2.75, 3.05) is 25.1 Å². The zero-order valence-corrected chi connectivity index (χ0v) is 17.9. The number of carboxylic acid groups (broad SMARTS) is 1. The Labute approximate surface area is 179 Å². The molecule has 0 saturated heterocycles. The fraction of sp³-hybridized carbons (Fsp3) is 0.286. The molecule has 9 heteroatoms. The van der Waals surface area contributed by atoms with Crippen molar-refractivity contribution in [3.05, 3.63) is 53.2 Å². The van der Waals surface area contributed by atoms with Gasteiger partial charge in [0.2, 0.25) is 0 Å². The van der Waals surface area contributed by atoms with Gasteiger partial charge in [-0.25, -0.2) is 12.4 Å². The second kappa shape index (κ2) is 7.85. The molecule has 4 rings (SSSR count). The van der Waals surface area contributed by atoms with Crippen molar-refractivity contribution < 1.29 is 23.1 Å². The number of halogens is 1. The lowest BCUT2D eigenvalue weighted by atomic mass is 10.2. The Kier molecular flexibility index (Phi) is 5.38. The minimum atomic E-state index is -3.93. The predicted octanol–water partition coefficient (Wildman–Crippen LogP) is 3.77. The molecular weight excluding hydrogens is 428 g/mol. The number of rotatable bonds is 6. The van der Waals surface area contributed by atoms with Crippen LogP contribution in [0.1, 0.15) is 18.5 Å². The topological polar surface area (TPSA) is 88.8 Å². The Morgan fingerprint density at radius 3 is 2.77 bits per heavy atom. The monoisotopic (exact) mass is 448 g/mol. The summed E-state index contributed by atoms with van der Waals surface area (Å²) in [6, 6.07) is 11.6. The van der Waals surface area contributed by atoms with E-state index in [4.69, 9.17) is 21.4 Å². The molecule has 0 bridgehead atoms. The van der Waals surface area contributed by atoms with E-state index < -0.39 is 16.0 Å². The molecule has 2 aromatic carbocycles. The molecule has 3 aromatic rings. The van der Waals surface area contributed by atoms with Gasteiger partial charge in [0.1, 0.15) is 12.4 Å². The lowest BCUT2D eigenvalue weighted by Crippen LogP contribution is -2.29. The minimum Gasteiger partial charge on any atom is -0.490 e. The van der Waals surface area contributed by atoms with Gasteiger partial charge in [-0.05, 0) is 55.3 Å². The number of benzene rings is 2. The molecule has 0 aliphatic carbocycles. The van der Waals surface area contributed by atoms with Gasteiger partial charge in [-0.2, -0.15) is 0 Å². The van der Waals surface area contributed by atoms with Gasteiger partial charge >= 0.3 is 5.97 Å². The van der Waals surface area contributed by atoms with Crippen LogP contribution in [0.2, 0.25) is 5.02 Å². The Balaban J connectivity index is 1.84. The first-order chi connectivity index (χ1) is 14.3. The van der Waals surface area contributed by atoms with Gasteiger partial charge in [0.15, 0.2) is 0 Å². The number of nitrogens with zero attached hydrogens (tertiary/aromatic N) is 2. The average Bonchev–Trinajstić information content (AvgIpc) is 3.05. The van der Waals surface area contributed by atoms with E-state index in [-0.39, 0.29) is 11.3 Å². The Hall–Kier alpha value is -2.71. The number of likely N-dealkylation sites (N-methyl/N-ethyl adjacent to an activating group) is 1. The Morgan fingerprint density at radius 2 is 2.00 bits per heavy atom. The first kappa shape index (κ1) is 20.6. The summed E-state index contributed by atoms with van der Waals surface area (Å²) in [5.74, 6) is -0.269. The smallest absolute Gasteiger partial charge is 0.303 e. The van der Waals surface area contributed by atoms with Crippen molar-refractivity contribution in [2.24, 2.45) is 0 Å². The van der Waals surface area contributed by atoms with Gasteiger partial charge in [-0.15, -0.1) is 0 Å². The maximum Gasteiger partial charge on any atom is 0.303 e. The highest BCUT2D eigenvalue weighted by Crippen LogP contribution is 2.35. The highest BCUT2D eigenvalue weighted by atomic mass is 35.5. The van der Waals surface area contributed by atoms with E-state index in [2.05, 4.69) is 0 Å². The Morgan fingerprint density at radius 1 is 1.20 bits per heavy atom. The molecule has 2 heterocycles. The highest BCUT2D eigenvalue weighted by molar-refractivity contribution is 7.90. The van der Waals surface area contributed by atoms with Crippen LogP contribution in [0.4, 0.5) is 5.69 Å².